The lowest BCUT2D eigenvalue weighted by atomic mass is 10.1. The summed E-state index contributed by atoms with van der Waals surface area (Å²) in [6.07, 6.45) is 5.15. The van der Waals surface area contributed by atoms with Gasteiger partial charge in [0.1, 0.15) is 11.5 Å². The van der Waals surface area contributed by atoms with Gasteiger partial charge in [-0.2, -0.15) is 0 Å². The Kier molecular flexibility index (Phi) is 3.96. The SMILES string of the molecule is CC1CN(c2nc(-c3ccccn3)nc3c2CCC3)C(C)CN1C. The molecule has 1 aliphatic carbocycles. The minimum atomic E-state index is 0.461. The highest BCUT2D eigenvalue weighted by molar-refractivity contribution is 5.59. The van der Waals surface area contributed by atoms with Crippen LogP contribution in [0, 0.1) is 0 Å². The van der Waals surface area contributed by atoms with E-state index in [-0.39, 0.29) is 0 Å². The maximum Gasteiger partial charge on any atom is 0.180 e. The van der Waals surface area contributed by atoms with Crippen molar-refractivity contribution < 1.29 is 0 Å². The Labute approximate surface area is 143 Å². The fourth-order valence-corrected chi connectivity index (χ4v) is 3.85. The van der Waals surface area contributed by atoms with E-state index in [1.807, 2.05) is 24.4 Å². The fraction of sp³-hybridized carbons (Fsp3) is 0.526. The number of piperazine rings is 1. The number of likely N-dealkylation sites (N-methyl/N-ethyl adjacent to an activating group) is 1. The molecule has 3 heterocycles. The Morgan fingerprint density at radius 1 is 1.04 bits per heavy atom. The van der Waals surface area contributed by atoms with Crippen molar-refractivity contribution in [2.45, 2.75) is 45.2 Å². The van der Waals surface area contributed by atoms with Crippen LogP contribution in [-0.2, 0) is 12.8 Å². The summed E-state index contributed by atoms with van der Waals surface area (Å²) in [5.41, 5.74) is 3.45. The van der Waals surface area contributed by atoms with Gasteiger partial charge in [0.05, 0.1) is 0 Å². The van der Waals surface area contributed by atoms with Crippen molar-refractivity contribution in [2.24, 2.45) is 0 Å². The molecule has 2 aromatic heterocycles. The summed E-state index contributed by atoms with van der Waals surface area (Å²) >= 11 is 0. The van der Waals surface area contributed by atoms with Crippen LogP contribution in [-0.4, -0.2) is 52.1 Å². The highest BCUT2D eigenvalue weighted by Crippen LogP contribution is 2.33. The predicted molar refractivity (Wildman–Crippen MR) is 96.2 cm³/mol. The van der Waals surface area contributed by atoms with Crippen molar-refractivity contribution in [1.29, 1.82) is 0 Å². The third-order valence-electron chi connectivity index (χ3n) is 5.37. The van der Waals surface area contributed by atoms with E-state index in [0.717, 1.165) is 43.3 Å². The zero-order valence-electron chi connectivity index (χ0n) is 14.7. The van der Waals surface area contributed by atoms with Crippen LogP contribution in [0.1, 0.15) is 31.5 Å². The molecule has 2 atom stereocenters. The number of aromatic nitrogens is 3. The van der Waals surface area contributed by atoms with E-state index in [9.17, 15) is 0 Å². The molecule has 0 saturated carbocycles. The third-order valence-corrected chi connectivity index (χ3v) is 5.37. The van der Waals surface area contributed by atoms with Crippen LogP contribution in [0.4, 0.5) is 5.82 Å². The number of hydrogen-bond acceptors (Lipinski definition) is 5. The predicted octanol–water partition coefficient (Wildman–Crippen LogP) is 2.56. The fourth-order valence-electron chi connectivity index (χ4n) is 3.85. The lowest BCUT2D eigenvalue weighted by molar-refractivity contribution is 0.205. The second-order valence-corrected chi connectivity index (χ2v) is 7.15. The van der Waals surface area contributed by atoms with E-state index in [1.165, 1.54) is 17.7 Å². The molecule has 5 heteroatoms. The first-order valence-corrected chi connectivity index (χ1v) is 8.91. The molecule has 126 valence electrons. The molecule has 1 fully saturated rings. The summed E-state index contributed by atoms with van der Waals surface area (Å²) in [6.45, 7) is 6.67. The Balaban J connectivity index is 1.79. The number of rotatable bonds is 2. The molecule has 2 aliphatic rings. The molecule has 24 heavy (non-hydrogen) atoms. The second-order valence-electron chi connectivity index (χ2n) is 7.15. The van der Waals surface area contributed by atoms with Gasteiger partial charge in [0.25, 0.3) is 0 Å². The van der Waals surface area contributed by atoms with Gasteiger partial charge >= 0.3 is 0 Å². The Hall–Kier alpha value is -2.01. The van der Waals surface area contributed by atoms with Crippen molar-refractivity contribution in [3.05, 3.63) is 35.7 Å². The van der Waals surface area contributed by atoms with E-state index in [2.05, 4.69) is 35.7 Å². The van der Waals surface area contributed by atoms with Crippen molar-refractivity contribution in [3.63, 3.8) is 0 Å². The quantitative estimate of drug-likeness (QED) is 0.850. The monoisotopic (exact) mass is 323 g/mol. The van der Waals surface area contributed by atoms with Crippen molar-refractivity contribution in [2.75, 3.05) is 25.0 Å². The Morgan fingerprint density at radius 2 is 1.92 bits per heavy atom. The maximum absolute atomic E-state index is 4.98. The molecule has 2 unspecified atom stereocenters. The maximum atomic E-state index is 4.98. The molecular formula is C19H25N5. The van der Waals surface area contributed by atoms with Crippen LogP contribution in [0.15, 0.2) is 24.4 Å². The number of hydrogen-bond donors (Lipinski definition) is 0. The third kappa shape index (κ3) is 2.67. The van der Waals surface area contributed by atoms with Crippen LogP contribution in [0.2, 0.25) is 0 Å². The number of pyridine rings is 1. The zero-order valence-corrected chi connectivity index (χ0v) is 14.7. The molecule has 0 aromatic carbocycles. The molecule has 0 spiro atoms. The first-order chi connectivity index (χ1) is 11.6. The summed E-state index contributed by atoms with van der Waals surface area (Å²) in [6, 6.07) is 6.92. The number of nitrogens with zero attached hydrogens (tertiary/aromatic N) is 5. The Morgan fingerprint density at radius 3 is 2.71 bits per heavy atom. The average molecular weight is 323 g/mol. The van der Waals surface area contributed by atoms with E-state index in [1.54, 1.807) is 0 Å². The van der Waals surface area contributed by atoms with Crippen LogP contribution in [0.3, 0.4) is 0 Å². The summed E-state index contributed by atoms with van der Waals surface area (Å²) < 4.78 is 0. The zero-order chi connectivity index (χ0) is 16.7. The van der Waals surface area contributed by atoms with Crippen molar-refractivity contribution >= 4 is 5.82 Å². The Bertz CT molecular complexity index is 730. The van der Waals surface area contributed by atoms with E-state index < -0.39 is 0 Å². The minimum Gasteiger partial charge on any atom is -0.351 e. The lowest BCUT2D eigenvalue weighted by Crippen LogP contribution is -2.55. The number of aryl methyl sites for hydroxylation is 1. The second kappa shape index (κ2) is 6.13. The molecule has 0 N–H and O–H groups in total. The summed E-state index contributed by atoms with van der Waals surface area (Å²) in [4.78, 5) is 19.2. The van der Waals surface area contributed by atoms with Crippen molar-refractivity contribution in [1.82, 2.24) is 19.9 Å². The standard InChI is InChI=1S/C19H25N5/c1-13-12-24(14(2)11-23(13)3)19-15-7-6-9-16(15)21-18(22-19)17-8-4-5-10-20-17/h4-5,8,10,13-14H,6-7,9,11-12H2,1-3H3. The van der Waals surface area contributed by atoms with Gasteiger partial charge in [0.15, 0.2) is 5.82 Å². The normalized spacial score (nSPS) is 24.2. The van der Waals surface area contributed by atoms with Gasteiger partial charge in [0, 0.05) is 42.6 Å². The largest absolute Gasteiger partial charge is 0.351 e. The lowest BCUT2D eigenvalue weighted by Gasteiger charge is -2.43. The molecule has 1 aliphatic heterocycles. The van der Waals surface area contributed by atoms with Gasteiger partial charge in [-0.05, 0) is 52.3 Å². The highest BCUT2D eigenvalue weighted by Gasteiger charge is 2.31. The number of anilines is 1. The molecule has 4 rings (SSSR count). The first kappa shape index (κ1) is 15.5. The molecule has 0 bridgehead atoms. The molecule has 0 radical (unpaired) electrons. The first-order valence-electron chi connectivity index (χ1n) is 8.91. The van der Waals surface area contributed by atoms with Gasteiger partial charge in [-0.3, -0.25) is 9.88 Å². The van der Waals surface area contributed by atoms with Crippen LogP contribution in [0.25, 0.3) is 11.5 Å². The van der Waals surface area contributed by atoms with Crippen LogP contribution in [0.5, 0.6) is 0 Å². The average Bonchev–Trinajstić information content (AvgIpc) is 3.07. The summed E-state index contributed by atoms with van der Waals surface area (Å²) in [5, 5.41) is 0. The van der Waals surface area contributed by atoms with Crippen molar-refractivity contribution in [3.8, 4) is 11.5 Å². The van der Waals surface area contributed by atoms with Gasteiger partial charge in [-0.1, -0.05) is 6.07 Å². The van der Waals surface area contributed by atoms with Gasteiger partial charge in [-0.15, -0.1) is 0 Å². The molecule has 0 amide bonds. The molecule has 1 saturated heterocycles. The van der Waals surface area contributed by atoms with Gasteiger partial charge < -0.3 is 4.90 Å². The van der Waals surface area contributed by atoms with Crippen LogP contribution >= 0.6 is 0 Å². The molecule has 2 aromatic rings. The van der Waals surface area contributed by atoms with Gasteiger partial charge in [-0.25, -0.2) is 9.97 Å². The molecule has 5 nitrogen and oxygen atoms in total. The van der Waals surface area contributed by atoms with E-state index in [4.69, 9.17) is 9.97 Å². The summed E-state index contributed by atoms with van der Waals surface area (Å²) in [7, 11) is 2.21. The minimum absolute atomic E-state index is 0.461. The van der Waals surface area contributed by atoms with Gasteiger partial charge in [0.2, 0.25) is 0 Å². The smallest absolute Gasteiger partial charge is 0.180 e. The van der Waals surface area contributed by atoms with E-state index in [0.29, 0.717) is 12.1 Å². The topological polar surface area (TPSA) is 45.2 Å². The summed E-state index contributed by atoms with van der Waals surface area (Å²) in [5.74, 6) is 1.91. The number of fused-ring (bicyclic) bond motifs is 1. The highest BCUT2D eigenvalue weighted by atomic mass is 15.3. The van der Waals surface area contributed by atoms with E-state index >= 15 is 0 Å². The molecular weight excluding hydrogens is 298 g/mol. The van der Waals surface area contributed by atoms with Crippen LogP contribution < -0.4 is 4.90 Å².